The standard InChI is InChI=1S/C25H30N6O2/c1-16-21(13-26-28(16)3)18-4-5-23-19(12-18)6-10-30(23)25-22-14-29(17(2)32)9-7-24(22)31(27-25)20-8-11-33-15-20/h4-5,12-13,20H,6-11,14-15H2,1-3H3/t20-/m0/s1. The van der Waals surface area contributed by atoms with E-state index in [-0.39, 0.29) is 11.9 Å². The lowest BCUT2D eigenvalue weighted by Gasteiger charge is -2.28. The van der Waals surface area contributed by atoms with Gasteiger partial charge in [-0.25, -0.2) is 0 Å². The average molecular weight is 447 g/mol. The minimum atomic E-state index is 0.127. The molecule has 8 nitrogen and oxygen atoms in total. The predicted molar refractivity (Wildman–Crippen MR) is 126 cm³/mol. The summed E-state index contributed by atoms with van der Waals surface area (Å²) in [4.78, 5) is 16.5. The van der Waals surface area contributed by atoms with Gasteiger partial charge in [0.1, 0.15) is 0 Å². The van der Waals surface area contributed by atoms with Crippen molar-refractivity contribution >= 4 is 17.4 Å². The van der Waals surface area contributed by atoms with Gasteiger partial charge in [0.25, 0.3) is 0 Å². The van der Waals surface area contributed by atoms with Gasteiger partial charge in [0.05, 0.1) is 25.4 Å². The van der Waals surface area contributed by atoms with Crippen LogP contribution in [0.15, 0.2) is 24.4 Å². The zero-order valence-corrected chi connectivity index (χ0v) is 19.5. The van der Waals surface area contributed by atoms with Crippen LogP contribution in [-0.2, 0) is 36.0 Å². The summed E-state index contributed by atoms with van der Waals surface area (Å²) < 4.78 is 9.80. The van der Waals surface area contributed by atoms with E-state index < -0.39 is 0 Å². The molecule has 0 aliphatic carbocycles. The Hall–Kier alpha value is -3.13. The molecule has 8 heteroatoms. The largest absolute Gasteiger partial charge is 0.379 e. The van der Waals surface area contributed by atoms with Crippen molar-refractivity contribution < 1.29 is 9.53 Å². The number of anilines is 2. The Kier molecular flexibility index (Phi) is 4.79. The van der Waals surface area contributed by atoms with Gasteiger partial charge in [0.2, 0.25) is 5.91 Å². The van der Waals surface area contributed by atoms with Crippen molar-refractivity contribution in [2.75, 3.05) is 31.2 Å². The van der Waals surface area contributed by atoms with Crippen molar-refractivity contribution in [3.05, 3.63) is 46.9 Å². The molecule has 33 heavy (non-hydrogen) atoms. The summed E-state index contributed by atoms with van der Waals surface area (Å²) >= 11 is 0. The number of hydrogen-bond acceptors (Lipinski definition) is 5. The highest BCUT2D eigenvalue weighted by atomic mass is 16.5. The van der Waals surface area contributed by atoms with E-state index in [4.69, 9.17) is 9.84 Å². The average Bonchev–Trinajstić information content (AvgIpc) is 3.59. The third-order valence-electron chi connectivity index (χ3n) is 7.54. The maximum atomic E-state index is 12.2. The molecule has 0 bridgehead atoms. The summed E-state index contributed by atoms with van der Waals surface area (Å²) in [6.45, 7) is 7.56. The molecular formula is C25H30N6O2. The Balaban J connectivity index is 1.40. The van der Waals surface area contributed by atoms with Crippen molar-refractivity contribution in [1.82, 2.24) is 24.5 Å². The lowest BCUT2D eigenvalue weighted by molar-refractivity contribution is -0.129. The van der Waals surface area contributed by atoms with Gasteiger partial charge in [-0.1, -0.05) is 6.07 Å². The number of carbonyl (C=O) groups excluding carboxylic acids is 1. The molecule has 1 aromatic carbocycles. The number of hydrogen-bond donors (Lipinski definition) is 0. The minimum absolute atomic E-state index is 0.127. The van der Waals surface area contributed by atoms with E-state index in [0.717, 1.165) is 44.8 Å². The zero-order chi connectivity index (χ0) is 22.7. The molecule has 5 heterocycles. The number of aromatic nitrogens is 4. The molecule has 1 amide bonds. The molecule has 1 saturated heterocycles. The molecule has 1 atom stereocenters. The smallest absolute Gasteiger partial charge is 0.219 e. The molecule has 3 aromatic rings. The summed E-state index contributed by atoms with van der Waals surface area (Å²) in [7, 11) is 1.98. The van der Waals surface area contributed by atoms with E-state index in [1.807, 2.05) is 22.8 Å². The van der Waals surface area contributed by atoms with Crippen LogP contribution in [-0.4, -0.2) is 56.7 Å². The van der Waals surface area contributed by atoms with Crippen molar-refractivity contribution in [2.24, 2.45) is 7.05 Å². The molecule has 0 N–H and O–H groups in total. The molecule has 1 fully saturated rings. The van der Waals surface area contributed by atoms with Gasteiger partial charge in [-0.2, -0.15) is 10.2 Å². The first-order valence-corrected chi connectivity index (χ1v) is 11.8. The van der Waals surface area contributed by atoms with Crippen LogP contribution >= 0.6 is 0 Å². The second-order valence-electron chi connectivity index (χ2n) is 9.41. The molecule has 0 spiro atoms. The zero-order valence-electron chi connectivity index (χ0n) is 19.5. The lowest BCUT2D eigenvalue weighted by Crippen LogP contribution is -2.35. The molecule has 0 unspecified atom stereocenters. The fourth-order valence-electron chi connectivity index (χ4n) is 5.50. The van der Waals surface area contributed by atoms with Gasteiger partial charge in [0.15, 0.2) is 5.82 Å². The van der Waals surface area contributed by atoms with Crippen molar-refractivity contribution in [1.29, 1.82) is 0 Å². The van der Waals surface area contributed by atoms with Gasteiger partial charge < -0.3 is 14.5 Å². The molecular weight excluding hydrogens is 416 g/mol. The first-order valence-electron chi connectivity index (χ1n) is 11.8. The highest BCUT2D eigenvalue weighted by molar-refractivity contribution is 5.77. The van der Waals surface area contributed by atoms with E-state index in [9.17, 15) is 4.79 Å². The molecule has 6 rings (SSSR count). The number of benzene rings is 1. The van der Waals surface area contributed by atoms with Crippen molar-refractivity contribution in [3.8, 4) is 11.1 Å². The molecule has 3 aliphatic rings. The third-order valence-corrected chi connectivity index (χ3v) is 7.54. The van der Waals surface area contributed by atoms with Gasteiger partial charge >= 0.3 is 0 Å². The second kappa shape index (κ2) is 7.73. The van der Waals surface area contributed by atoms with Crippen LogP contribution in [0.4, 0.5) is 11.5 Å². The monoisotopic (exact) mass is 446 g/mol. The number of nitrogens with zero attached hydrogens (tertiary/aromatic N) is 6. The predicted octanol–water partition coefficient (Wildman–Crippen LogP) is 3.15. The first kappa shape index (κ1) is 20.5. The maximum Gasteiger partial charge on any atom is 0.219 e. The van der Waals surface area contributed by atoms with Crippen LogP contribution < -0.4 is 4.90 Å². The van der Waals surface area contributed by atoms with E-state index in [2.05, 4.69) is 39.8 Å². The highest BCUT2D eigenvalue weighted by Gasteiger charge is 2.34. The number of aryl methyl sites for hydroxylation is 1. The van der Waals surface area contributed by atoms with E-state index >= 15 is 0 Å². The summed E-state index contributed by atoms with van der Waals surface area (Å²) in [5.41, 5.74) is 8.58. The molecule has 0 radical (unpaired) electrons. The minimum Gasteiger partial charge on any atom is -0.379 e. The molecule has 172 valence electrons. The van der Waals surface area contributed by atoms with Crippen LogP contribution in [0.25, 0.3) is 11.1 Å². The van der Waals surface area contributed by atoms with E-state index in [1.54, 1.807) is 6.92 Å². The van der Waals surface area contributed by atoms with Crippen LogP contribution in [0.1, 0.15) is 41.9 Å². The van der Waals surface area contributed by atoms with Gasteiger partial charge in [-0.15, -0.1) is 0 Å². The maximum absolute atomic E-state index is 12.2. The summed E-state index contributed by atoms with van der Waals surface area (Å²) in [6.07, 6.45) is 4.77. The number of ether oxygens (including phenoxy) is 1. The molecule has 0 saturated carbocycles. The Labute approximate surface area is 193 Å². The Morgan fingerprint density at radius 3 is 2.82 bits per heavy atom. The van der Waals surface area contributed by atoms with Crippen molar-refractivity contribution in [2.45, 2.75) is 45.7 Å². The summed E-state index contributed by atoms with van der Waals surface area (Å²) in [6, 6.07) is 7.00. The Morgan fingerprint density at radius 2 is 2.09 bits per heavy atom. The van der Waals surface area contributed by atoms with Gasteiger partial charge in [-0.3, -0.25) is 14.2 Å². The fraction of sp³-hybridized carbons (Fsp3) is 0.480. The normalized spacial score (nSPS) is 19.8. The van der Waals surface area contributed by atoms with Crippen LogP contribution in [0.3, 0.4) is 0 Å². The van der Waals surface area contributed by atoms with Gasteiger partial charge in [0, 0.05) is 68.3 Å². The Morgan fingerprint density at radius 1 is 1.21 bits per heavy atom. The van der Waals surface area contributed by atoms with Crippen LogP contribution in [0.5, 0.6) is 0 Å². The van der Waals surface area contributed by atoms with Gasteiger partial charge in [-0.05, 0) is 43.0 Å². The highest BCUT2D eigenvalue weighted by Crippen LogP contribution is 2.41. The number of carbonyl (C=O) groups is 1. The number of amides is 1. The topological polar surface area (TPSA) is 68.4 Å². The SMILES string of the molecule is CC(=O)N1CCc2c(c(N3CCc4cc(-c5cnn(C)c5C)ccc43)nn2[C@H]2CCOC2)C1. The third kappa shape index (κ3) is 3.27. The number of fused-ring (bicyclic) bond motifs is 2. The quantitative estimate of drug-likeness (QED) is 0.618. The summed E-state index contributed by atoms with van der Waals surface area (Å²) in [5, 5.41) is 9.57. The first-order chi connectivity index (χ1) is 16.0. The molecule has 3 aliphatic heterocycles. The van der Waals surface area contributed by atoms with E-state index in [1.165, 1.54) is 39.3 Å². The Bertz CT molecular complexity index is 1240. The summed E-state index contributed by atoms with van der Waals surface area (Å²) in [5.74, 6) is 1.13. The second-order valence-corrected chi connectivity index (χ2v) is 9.41. The van der Waals surface area contributed by atoms with Crippen molar-refractivity contribution in [3.63, 3.8) is 0 Å². The van der Waals surface area contributed by atoms with E-state index in [0.29, 0.717) is 13.2 Å². The van der Waals surface area contributed by atoms with Crippen LogP contribution in [0, 0.1) is 6.92 Å². The molecule has 2 aromatic heterocycles. The number of rotatable bonds is 3. The fourth-order valence-corrected chi connectivity index (χ4v) is 5.50. The lowest BCUT2D eigenvalue weighted by atomic mass is 10.0. The van der Waals surface area contributed by atoms with Crippen LogP contribution in [0.2, 0.25) is 0 Å².